The Bertz CT molecular complexity index is 721. The maximum Gasteiger partial charge on any atom is 0.271 e. The van der Waals surface area contributed by atoms with E-state index >= 15 is 0 Å². The first-order chi connectivity index (χ1) is 13.7. The summed E-state index contributed by atoms with van der Waals surface area (Å²) in [7, 11) is 0. The van der Waals surface area contributed by atoms with Crippen molar-refractivity contribution >= 4 is 12.1 Å². The highest BCUT2D eigenvalue weighted by atomic mass is 16.5. The summed E-state index contributed by atoms with van der Waals surface area (Å²) in [4.78, 5) is 12.2. The van der Waals surface area contributed by atoms with Gasteiger partial charge in [-0.3, -0.25) is 4.79 Å². The Hall–Kier alpha value is -2.62. The summed E-state index contributed by atoms with van der Waals surface area (Å²) in [6, 6.07) is 15.4. The predicted molar refractivity (Wildman–Crippen MR) is 116 cm³/mol. The van der Waals surface area contributed by atoms with E-state index in [0.717, 1.165) is 30.8 Å². The number of hydrogen-bond acceptors (Lipinski definition) is 3. The highest BCUT2D eigenvalue weighted by Gasteiger charge is 2.03. The van der Waals surface area contributed by atoms with Crippen molar-refractivity contribution < 1.29 is 9.53 Å². The molecule has 1 amide bonds. The zero-order valence-electron chi connectivity index (χ0n) is 17.1. The maximum absolute atomic E-state index is 12.2. The number of unbranched alkanes of at least 4 members (excludes halogenated alkanes) is 4. The minimum Gasteiger partial charge on any atom is -0.494 e. The number of benzene rings is 2. The lowest BCUT2D eigenvalue weighted by Gasteiger charge is -2.06. The fraction of sp³-hybridized carbons (Fsp3) is 0.417. The summed E-state index contributed by atoms with van der Waals surface area (Å²) >= 11 is 0. The molecule has 0 aromatic heterocycles. The molecule has 0 unspecified atom stereocenters. The van der Waals surface area contributed by atoms with Gasteiger partial charge in [0, 0.05) is 5.56 Å². The normalized spacial score (nSPS) is 10.9. The highest BCUT2D eigenvalue weighted by molar-refractivity contribution is 5.94. The molecule has 0 fully saturated rings. The number of carbonyl (C=O) groups is 1. The van der Waals surface area contributed by atoms with Crippen LogP contribution < -0.4 is 10.2 Å². The van der Waals surface area contributed by atoms with Crippen molar-refractivity contribution in [3.8, 4) is 5.75 Å². The second-order valence-electron chi connectivity index (χ2n) is 6.98. The van der Waals surface area contributed by atoms with Gasteiger partial charge in [0.2, 0.25) is 0 Å². The van der Waals surface area contributed by atoms with Crippen LogP contribution in [0.25, 0.3) is 0 Å². The molecule has 0 saturated carbocycles. The van der Waals surface area contributed by atoms with Crippen molar-refractivity contribution in [3.63, 3.8) is 0 Å². The van der Waals surface area contributed by atoms with Crippen molar-refractivity contribution in [2.45, 2.75) is 58.8 Å². The van der Waals surface area contributed by atoms with Gasteiger partial charge in [0.05, 0.1) is 12.8 Å². The molecule has 0 atom stereocenters. The van der Waals surface area contributed by atoms with Crippen LogP contribution in [0.4, 0.5) is 0 Å². The van der Waals surface area contributed by atoms with Gasteiger partial charge in [-0.15, -0.1) is 0 Å². The molecule has 4 nitrogen and oxygen atoms in total. The molecule has 2 rings (SSSR count). The number of nitrogens with zero attached hydrogens (tertiary/aromatic N) is 1. The Morgan fingerprint density at radius 2 is 1.64 bits per heavy atom. The van der Waals surface area contributed by atoms with E-state index in [4.69, 9.17) is 4.74 Å². The molecule has 0 saturated heterocycles. The van der Waals surface area contributed by atoms with Gasteiger partial charge in [-0.05, 0) is 66.8 Å². The van der Waals surface area contributed by atoms with Crippen molar-refractivity contribution in [2.24, 2.45) is 5.10 Å². The van der Waals surface area contributed by atoms with E-state index in [9.17, 15) is 4.79 Å². The fourth-order valence-electron chi connectivity index (χ4n) is 2.80. The molecule has 0 aliphatic rings. The zero-order valence-corrected chi connectivity index (χ0v) is 17.1. The van der Waals surface area contributed by atoms with E-state index in [2.05, 4.69) is 24.4 Å². The second-order valence-corrected chi connectivity index (χ2v) is 6.98. The summed E-state index contributed by atoms with van der Waals surface area (Å²) in [5, 5.41) is 4.05. The van der Waals surface area contributed by atoms with Gasteiger partial charge >= 0.3 is 0 Å². The van der Waals surface area contributed by atoms with E-state index in [1.807, 2.05) is 48.5 Å². The van der Waals surface area contributed by atoms with E-state index in [1.165, 1.54) is 37.7 Å². The average molecular weight is 381 g/mol. The summed E-state index contributed by atoms with van der Waals surface area (Å²) in [6.45, 7) is 5.13. The Morgan fingerprint density at radius 3 is 2.32 bits per heavy atom. The minimum absolute atomic E-state index is 0.203. The monoisotopic (exact) mass is 380 g/mol. The van der Waals surface area contributed by atoms with Gasteiger partial charge in [-0.1, -0.05) is 51.7 Å². The Labute approximate surface area is 169 Å². The van der Waals surface area contributed by atoms with Gasteiger partial charge < -0.3 is 4.74 Å². The van der Waals surface area contributed by atoms with Crippen LogP contribution in [0.15, 0.2) is 53.6 Å². The van der Waals surface area contributed by atoms with Crippen LogP contribution in [0.5, 0.6) is 5.75 Å². The summed E-state index contributed by atoms with van der Waals surface area (Å²) < 4.78 is 5.73. The number of nitrogens with one attached hydrogen (secondary N) is 1. The quantitative estimate of drug-likeness (QED) is 0.289. The number of aryl methyl sites for hydroxylation is 1. The number of rotatable bonds is 12. The van der Waals surface area contributed by atoms with Crippen LogP contribution in [0.3, 0.4) is 0 Å². The van der Waals surface area contributed by atoms with Crippen LogP contribution >= 0.6 is 0 Å². The summed E-state index contributed by atoms with van der Waals surface area (Å²) in [5.41, 5.74) is 5.36. The minimum atomic E-state index is -0.203. The van der Waals surface area contributed by atoms with Crippen LogP contribution in [-0.4, -0.2) is 18.7 Å². The maximum atomic E-state index is 12.2. The van der Waals surface area contributed by atoms with Gasteiger partial charge in [-0.25, -0.2) is 5.43 Å². The molecular weight excluding hydrogens is 348 g/mol. The predicted octanol–water partition coefficient (Wildman–Crippen LogP) is 5.75. The van der Waals surface area contributed by atoms with Gasteiger partial charge in [0.1, 0.15) is 5.75 Å². The molecule has 0 aliphatic heterocycles. The topological polar surface area (TPSA) is 50.7 Å². The highest BCUT2D eigenvalue weighted by Crippen LogP contribution is 2.12. The van der Waals surface area contributed by atoms with Crippen molar-refractivity contribution in [2.75, 3.05) is 6.61 Å². The lowest BCUT2D eigenvalue weighted by Crippen LogP contribution is -2.17. The SMILES string of the molecule is CCCCCCOc1ccc(/C=N/NC(=O)c2ccc(CCCC)cc2)cc1. The summed E-state index contributed by atoms with van der Waals surface area (Å²) in [6.07, 6.45) is 9.81. The first-order valence-electron chi connectivity index (χ1n) is 10.4. The standard InChI is InChI=1S/C24H32N2O2/c1-3-5-7-8-18-28-23-16-12-21(13-17-23)19-25-26-24(27)22-14-10-20(11-15-22)9-6-4-2/h10-17,19H,3-9,18H2,1-2H3,(H,26,27)/b25-19+. The van der Waals surface area contributed by atoms with Crippen molar-refractivity contribution in [3.05, 3.63) is 65.2 Å². The van der Waals surface area contributed by atoms with Crippen molar-refractivity contribution in [1.82, 2.24) is 5.43 Å². The Balaban J connectivity index is 1.76. The number of ether oxygens (including phenoxy) is 1. The van der Waals surface area contributed by atoms with Crippen LogP contribution in [-0.2, 0) is 6.42 Å². The number of hydrazone groups is 1. The molecule has 0 aliphatic carbocycles. The molecule has 0 radical (unpaired) electrons. The summed E-state index contributed by atoms with van der Waals surface area (Å²) in [5.74, 6) is 0.658. The lowest BCUT2D eigenvalue weighted by atomic mass is 10.1. The zero-order chi connectivity index (χ0) is 20.0. The van der Waals surface area contributed by atoms with Gasteiger partial charge in [-0.2, -0.15) is 5.10 Å². The molecule has 0 spiro atoms. The van der Waals surface area contributed by atoms with Crippen molar-refractivity contribution in [1.29, 1.82) is 0 Å². The molecule has 28 heavy (non-hydrogen) atoms. The van der Waals surface area contributed by atoms with E-state index in [1.54, 1.807) is 6.21 Å². The van der Waals surface area contributed by atoms with E-state index < -0.39 is 0 Å². The molecule has 2 aromatic carbocycles. The Morgan fingerprint density at radius 1 is 0.929 bits per heavy atom. The van der Waals surface area contributed by atoms with E-state index in [-0.39, 0.29) is 5.91 Å². The van der Waals surface area contributed by atoms with Crippen LogP contribution in [0.1, 0.15) is 73.9 Å². The molecule has 1 N–H and O–H groups in total. The van der Waals surface area contributed by atoms with Gasteiger partial charge in [0.15, 0.2) is 0 Å². The second kappa shape index (κ2) is 12.7. The van der Waals surface area contributed by atoms with E-state index in [0.29, 0.717) is 5.56 Å². The third kappa shape index (κ3) is 7.95. The average Bonchev–Trinajstić information content (AvgIpc) is 2.73. The molecule has 150 valence electrons. The fourth-order valence-corrected chi connectivity index (χ4v) is 2.80. The third-order valence-corrected chi connectivity index (χ3v) is 4.56. The molecular formula is C24H32N2O2. The third-order valence-electron chi connectivity index (χ3n) is 4.56. The first-order valence-corrected chi connectivity index (χ1v) is 10.4. The number of amides is 1. The molecule has 4 heteroatoms. The lowest BCUT2D eigenvalue weighted by molar-refractivity contribution is 0.0955. The first kappa shape index (κ1) is 21.7. The van der Waals surface area contributed by atoms with Gasteiger partial charge in [0.25, 0.3) is 5.91 Å². The smallest absolute Gasteiger partial charge is 0.271 e. The largest absolute Gasteiger partial charge is 0.494 e. The molecule has 0 heterocycles. The number of carbonyl (C=O) groups excluding carboxylic acids is 1. The molecule has 2 aromatic rings. The van der Waals surface area contributed by atoms with Crippen LogP contribution in [0.2, 0.25) is 0 Å². The molecule has 0 bridgehead atoms. The van der Waals surface area contributed by atoms with Crippen LogP contribution in [0, 0.1) is 0 Å². The number of hydrogen-bond donors (Lipinski definition) is 1. The Kier molecular flexibility index (Phi) is 9.84.